The number of nitrogens with zero attached hydrogens (tertiary/aromatic N) is 1. The molecule has 0 aromatic heterocycles. The minimum absolute atomic E-state index is 0.0178. The van der Waals surface area contributed by atoms with Crippen molar-refractivity contribution in [2.75, 3.05) is 131 Å². The summed E-state index contributed by atoms with van der Waals surface area (Å²) in [5.41, 5.74) is -3.06. The van der Waals surface area contributed by atoms with Crippen LogP contribution in [0, 0.1) is 17.3 Å². The molecule has 3 N–H and O–H groups in total. The molecule has 3 saturated carbocycles. The molecular weight excluding hydrogens is 1090 g/mol. The zero-order chi connectivity index (χ0) is 58.5. The predicted octanol–water partition coefficient (Wildman–Crippen LogP) is 3.58. The number of imide groups is 1. The number of anilines is 1. The fraction of sp³-hybridized carbons (Fsp3) is 0.600. The summed E-state index contributed by atoms with van der Waals surface area (Å²) in [6.07, 6.45) is 2.67. The van der Waals surface area contributed by atoms with Crippen LogP contribution in [0.5, 0.6) is 0 Å². The lowest BCUT2D eigenvalue weighted by Gasteiger charge is -2.71. The first-order valence-corrected chi connectivity index (χ1v) is 28.6. The largest absolute Gasteiger partial charge is 0.388 e. The lowest BCUT2D eigenvalue weighted by Crippen LogP contribution is -2.82. The average Bonchev–Trinajstić information content (AvgIpc) is 1.65. The molecule has 23 heteroatoms. The summed E-state index contributed by atoms with van der Waals surface area (Å²) in [5, 5.41) is 16.0. The van der Waals surface area contributed by atoms with E-state index in [1.54, 1.807) is 0 Å². The summed E-state index contributed by atoms with van der Waals surface area (Å²) in [6, 6.07) is 15.2. The van der Waals surface area contributed by atoms with Gasteiger partial charge in [0, 0.05) is 59.8 Å². The van der Waals surface area contributed by atoms with Gasteiger partial charge in [-0.05, 0) is 73.1 Å². The fourth-order valence-electron chi connectivity index (χ4n) is 12.8. The predicted molar refractivity (Wildman–Crippen MR) is 290 cm³/mol. The Morgan fingerprint density at radius 1 is 0.687 bits per heavy atom. The Morgan fingerprint density at radius 3 is 1.88 bits per heavy atom. The van der Waals surface area contributed by atoms with Gasteiger partial charge in [-0.1, -0.05) is 43.3 Å². The maximum absolute atomic E-state index is 17.6. The molecule has 7 aliphatic rings. The average molecular weight is 1160 g/mol. The van der Waals surface area contributed by atoms with Crippen molar-refractivity contribution >= 4 is 40.9 Å². The zero-order valence-electron chi connectivity index (χ0n) is 46.7. The summed E-state index contributed by atoms with van der Waals surface area (Å²) in [5.74, 6) is -3.63. The number of hydrogen-bond acceptors (Lipinski definition) is 18. The first kappa shape index (κ1) is 62.0. The topological polar surface area (TPSA) is 251 Å². The summed E-state index contributed by atoms with van der Waals surface area (Å²) in [6.45, 7) is 7.45. The minimum Gasteiger partial charge on any atom is -0.388 e. The van der Waals surface area contributed by atoms with Crippen molar-refractivity contribution in [3.8, 4) is 0 Å². The molecule has 2 aromatic carbocycles. The van der Waals surface area contributed by atoms with Gasteiger partial charge in [0.1, 0.15) is 18.4 Å². The number of Topliss-reactive ketones (excluding diaryl/α,β-unsaturated/α-hetero) is 1. The Morgan fingerprint density at radius 2 is 1.28 bits per heavy atom. The minimum atomic E-state index is -1.98. The number of hydrogen-bond donors (Lipinski definition) is 3. The molecule has 452 valence electrons. The number of ether oxygens (including phenoxy) is 11. The van der Waals surface area contributed by atoms with Gasteiger partial charge >= 0.3 is 0 Å². The molecule has 3 aliphatic heterocycles. The van der Waals surface area contributed by atoms with Gasteiger partial charge in [0.15, 0.2) is 29.1 Å². The summed E-state index contributed by atoms with van der Waals surface area (Å²) < 4.78 is 97.0. The Kier molecular flexibility index (Phi) is 21.3. The van der Waals surface area contributed by atoms with Crippen LogP contribution in [0.4, 0.5) is 14.5 Å². The van der Waals surface area contributed by atoms with E-state index in [4.69, 9.17) is 52.1 Å². The van der Waals surface area contributed by atoms with Crippen LogP contribution in [0.15, 0.2) is 84.5 Å². The number of carbonyl (C=O) groups is 6. The molecule has 21 nitrogen and oxygen atoms in total. The Balaban J connectivity index is 0.561. The quantitative estimate of drug-likeness (QED) is 0.0651. The highest BCUT2D eigenvalue weighted by molar-refractivity contribution is 6.13. The van der Waals surface area contributed by atoms with Gasteiger partial charge in [-0.3, -0.25) is 33.7 Å². The summed E-state index contributed by atoms with van der Waals surface area (Å²) in [4.78, 5) is 74.8. The number of fused-ring (bicyclic) bond motifs is 4. The number of aliphatic hydroxyl groups is 1. The molecule has 0 bridgehead atoms. The second-order valence-corrected chi connectivity index (χ2v) is 21.7. The van der Waals surface area contributed by atoms with E-state index in [1.807, 2.05) is 55.5 Å². The van der Waals surface area contributed by atoms with E-state index in [0.717, 1.165) is 22.1 Å². The maximum atomic E-state index is 17.6. The number of carbonyl (C=O) groups excluding carboxylic acids is 6. The first-order chi connectivity index (χ1) is 40.2. The highest BCUT2D eigenvalue weighted by atomic mass is 19.1. The molecule has 4 amide bonds. The van der Waals surface area contributed by atoms with Gasteiger partial charge in [-0.25, -0.2) is 8.78 Å². The number of allylic oxidation sites excluding steroid dienone is 2. The van der Waals surface area contributed by atoms with Gasteiger partial charge in [-0.15, -0.1) is 0 Å². The van der Waals surface area contributed by atoms with Crippen molar-refractivity contribution in [1.29, 1.82) is 0 Å². The van der Waals surface area contributed by atoms with Crippen LogP contribution < -0.4 is 10.6 Å². The van der Waals surface area contributed by atoms with E-state index >= 15 is 8.78 Å². The van der Waals surface area contributed by atoms with Crippen LogP contribution in [0.1, 0.15) is 62.0 Å². The van der Waals surface area contributed by atoms with Gasteiger partial charge < -0.3 is 67.8 Å². The molecule has 5 fully saturated rings. The second kappa shape index (κ2) is 28.6. The number of amides is 4. The van der Waals surface area contributed by atoms with Crippen LogP contribution in [0.25, 0.3) is 0 Å². The zero-order valence-corrected chi connectivity index (χ0v) is 46.7. The van der Waals surface area contributed by atoms with Crippen LogP contribution in [0.3, 0.4) is 0 Å². The highest BCUT2D eigenvalue weighted by Gasteiger charge is 2.85. The molecule has 10 atom stereocenters. The van der Waals surface area contributed by atoms with E-state index < -0.39 is 88.8 Å². The monoisotopic (exact) mass is 1160 g/mol. The van der Waals surface area contributed by atoms with E-state index in [1.165, 1.54) is 24.3 Å². The number of alkyl halides is 2. The van der Waals surface area contributed by atoms with Gasteiger partial charge in [-0.2, -0.15) is 0 Å². The van der Waals surface area contributed by atoms with Crippen LogP contribution in [-0.4, -0.2) is 206 Å². The van der Waals surface area contributed by atoms with Crippen molar-refractivity contribution in [1.82, 2.24) is 10.2 Å². The third-order valence-electron chi connectivity index (χ3n) is 16.7. The SMILES string of the molecule is C[C@]12C[C@@H]3O[C@]45C=CC(=O)C=C4[C@@H](F)C[C@@H]([C@@H]1C[C@H]1O[C@@H](c4ccc(Cc6cccc(NC(=O)CCOCCOCCOCCOCCOCCOCCOCCOCCNC(=O)CCN7C(=O)C=CC7=O)c6)cc4)O[C@]12C(=O)CO)[C@]35F. The Labute approximate surface area is 480 Å². The van der Waals surface area contributed by atoms with Gasteiger partial charge in [0.25, 0.3) is 11.8 Å². The van der Waals surface area contributed by atoms with Crippen molar-refractivity contribution in [2.24, 2.45) is 17.3 Å². The third-order valence-corrected chi connectivity index (χ3v) is 16.7. The Bertz CT molecular complexity index is 2690. The van der Waals surface area contributed by atoms with Gasteiger partial charge in [0.2, 0.25) is 11.8 Å². The van der Waals surface area contributed by atoms with Crippen LogP contribution >= 0.6 is 0 Å². The maximum Gasteiger partial charge on any atom is 0.253 e. The number of ketones is 2. The number of rotatable bonds is 36. The van der Waals surface area contributed by atoms with E-state index in [0.29, 0.717) is 123 Å². The molecule has 2 aromatic rings. The normalized spacial score (nSPS) is 29.0. The van der Waals surface area contributed by atoms with Crippen molar-refractivity contribution < 1.29 is 94.8 Å². The number of aliphatic hydroxyl groups excluding tert-OH is 1. The smallest absolute Gasteiger partial charge is 0.253 e. The third kappa shape index (κ3) is 13.8. The lowest BCUT2D eigenvalue weighted by atomic mass is 9.44. The summed E-state index contributed by atoms with van der Waals surface area (Å²) in [7, 11) is 0. The number of nitrogens with one attached hydrogen (secondary N) is 2. The standard InChI is InChI=1S/C60H75F2N3O18/c1-57-38-51-59(62)46(36-48(61)47-35-44(67)11-14-58(47,59)82-51)45(57)37-50-60(57,49(68)39-66)83-56(81-50)42-7-5-40(6-8-42)33-41-3-2-4-43(34-41)64-53(70)13-17-73-19-21-75-23-25-77-27-29-79-31-32-80-30-28-78-26-24-76-22-20-74-18-15-63-52(69)12-16-65-54(71)9-10-55(65)72/h2-11,14,34-35,45-46,48,50-51,56,66H,12-13,15-33,36-39H2,1H3,(H,63,69)(H,64,70)/t45-,46-,48-,50+,51-,56+,57-,58+,59-,60+/m0/s1. The molecule has 3 heterocycles. The first-order valence-electron chi connectivity index (χ1n) is 28.6. The van der Waals surface area contributed by atoms with Crippen molar-refractivity contribution in [2.45, 2.75) is 87.0 Å². The van der Waals surface area contributed by atoms with E-state index in [-0.39, 0.29) is 62.6 Å². The van der Waals surface area contributed by atoms with E-state index in [9.17, 15) is 33.9 Å². The van der Waals surface area contributed by atoms with Crippen LogP contribution in [0.2, 0.25) is 0 Å². The van der Waals surface area contributed by atoms with E-state index in [2.05, 4.69) is 10.6 Å². The Hall–Kier alpha value is -5.54. The molecule has 2 saturated heterocycles. The fourth-order valence-corrected chi connectivity index (χ4v) is 12.8. The van der Waals surface area contributed by atoms with Crippen LogP contribution in [-0.2, 0) is 87.3 Å². The summed E-state index contributed by atoms with van der Waals surface area (Å²) >= 11 is 0. The van der Waals surface area contributed by atoms with Crippen molar-refractivity contribution in [3.63, 3.8) is 0 Å². The highest BCUT2D eigenvalue weighted by Crippen LogP contribution is 2.75. The second-order valence-electron chi connectivity index (χ2n) is 21.7. The van der Waals surface area contributed by atoms with Crippen molar-refractivity contribution in [3.05, 3.63) is 101 Å². The molecule has 0 unspecified atom stereocenters. The lowest BCUT2D eigenvalue weighted by molar-refractivity contribution is -0.360. The molecular formula is C60H75F2N3O18. The number of halogens is 2. The molecule has 1 spiro atoms. The molecule has 0 radical (unpaired) electrons. The molecule has 9 rings (SSSR count). The number of benzene rings is 2. The molecule has 83 heavy (non-hydrogen) atoms. The van der Waals surface area contributed by atoms with Gasteiger partial charge in [0.05, 0.1) is 124 Å². The molecule has 4 aliphatic carbocycles.